The number of benzene rings is 2. The van der Waals surface area contributed by atoms with Crippen molar-refractivity contribution in [3.05, 3.63) is 65.4 Å². The van der Waals surface area contributed by atoms with Gasteiger partial charge in [0.05, 0.1) is 5.57 Å². The highest BCUT2D eigenvalue weighted by Gasteiger charge is 2.39. The maximum atomic E-state index is 13.1. The van der Waals surface area contributed by atoms with Crippen LogP contribution in [0.25, 0.3) is 5.57 Å². The third kappa shape index (κ3) is 4.37. The number of rotatable bonds is 6. The van der Waals surface area contributed by atoms with Crippen LogP contribution in [0, 0.1) is 12.8 Å². The number of aryl methyl sites for hydroxylation is 1. The molecular formula is C23H25N3O3. The molecule has 0 saturated carbocycles. The molecule has 6 nitrogen and oxygen atoms in total. The van der Waals surface area contributed by atoms with Crippen LogP contribution in [0.4, 0.5) is 11.4 Å². The summed E-state index contributed by atoms with van der Waals surface area (Å²) in [6, 6.07) is 14.5. The summed E-state index contributed by atoms with van der Waals surface area (Å²) in [7, 11) is 0. The van der Waals surface area contributed by atoms with Crippen LogP contribution in [0.3, 0.4) is 0 Å². The van der Waals surface area contributed by atoms with Crippen LogP contribution in [0.1, 0.15) is 31.9 Å². The summed E-state index contributed by atoms with van der Waals surface area (Å²) in [6.07, 6.45) is 0. The van der Waals surface area contributed by atoms with Crippen molar-refractivity contribution >= 4 is 34.7 Å². The average Bonchev–Trinajstić information content (AvgIpc) is 2.88. The van der Waals surface area contributed by atoms with Crippen LogP contribution in [-0.2, 0) is 14.4 Å². The summed E-state index contributed by atoms with van der Waals surface area (Å²) >= 11 is 0. The molecular weight excluding hydrogens is 366 g/mol. The van der Waals surface area contributed by atoms with Gasteiger partial charge in [0.15, 0.2) is 0 Å². The number of para-hydroxylation sites is 1. The second kappa shape index (κ2) is 8.31. The van der Waals surface area contributed by atoms with E-state index in [1.807, 2.05) is 45.0 Å². The number of anilines is 2. The molecule has 150 valence electrons. The van der Waals surface area contributed by atoms with Crippen molar-refractivity contribution in [2.75, 3.05) is 17.2 Å². The lowest BCUT2D eigenvalue weighted by molar-refractivity contribution is -0.137. The zero-order chi connectivity index (χ0) is 21.1. The van der Waals surface area contributed by atoms with E-state index >= 15 is 0 Å². The quantitative estimate of drug-likeness (QED) is 0.734. The first-order valence-electron chi connectivity index (χ1n) is 9.59. The lowest BCUT2D eigenvalue weighted by Crippen LogP contribution is -2.35. The van der Waals surface area contributed by atoms with Crippen molar-refractivity contribution in [1.82, 2.24) is 4.90 Å². The van der Waals surface area contributed by atoms with Crippen molar-refractivity contribution in [1.29, 1.82) is 0 Å². The minimum absolute atomic E-state index is 0.157. The summed E-state index contributed by atoms with van der Waals surface area (Å²) in [4.78, 5) is 38.8. The number of hydrogen-bond donors (Lipinski definition) is 2. The van der Waals surface area contributed by atoms with Gasteiger partial charge < -0.3 is 10.6 Å². The van der Waals surface area contributed by atoms with Crippen molar-refractivity contribution in [2.45, 2.75) is 27.7 Å². The molecule has 0 fully saturated rings. The Morgan fingerprint density at radius 2 is 1.66 bits per heavy atom. The maximum absolute atomic E-state index is 13.1. The minimum Gasteiger partial charge on any atom is -0.350 e. The van der Waals surface area contributed by atoms with E-state index in [1.165, 1.54) is 11.8 Å². The first-order chi connectivity index (χ1) is 13.8. The number of amides is 3. The van der Waals surface area contributed by atoms with Gasteiger partial charge in [-0.15, -0.1) is 0 Å². The molecule has 0 unspecified atom stereocenters. The Morgan fingerprint density at radius 3 is 2.24 bits per heavy atom. The molecule has 0 aliphatic carbocycles. The van der Waals surface area contributed by atoms with Gasteiger partial charge >= 0.3 is 0 Å². The number of imide groups is 1. The monoisotopic (exact) mass is 391 g/mol. The first kappa shape index (κ1) is 20.3. The van der Waals surface area contributed by atoms with E-state index in [2.05, 4.69) is 10.6 Å². The van der Waals surface area contributed by atoms with Gasteiger partial charge in [-0.25, -0.2) is 0 Å². The topological polar surface area (TPSA) is 78.5 Å². The Balaban J connectivity index is 2.04. The Labute approximate surface area is 170 Å². The molecule has 2 aromatic rings. The maximum Gasteiger partial charge on any atom is 0.278 e. The highest BCUT2D eigenvalue weighted by atomic mass is 16.2. The van der Waals surface area contributed by atoms with Crippen LogP contribution in [-0.4, -0.2) is 29.2 Å². The van der Waals surface area contributed by atoms with E-state index < -0.39 is 0 Å². The number of nitrogens with one attached hydrogen (secondary N) is 2. The fourth-order valence-electron chi connectivity index (χ4n) is 3.26. The molecule has 1 aliphatic heterocycles. The molecule has 0 radical (unpaired) electrons. The van der Waals surface area contributed by atoms with E-state index in [9.17, 15) is 14.4 Å². The third-order valence-electron chi connectivity index (χ3n) is 4.61. The van der Waals surface area contributed by atoms with Crippen LogP contribution in [0.5, 0.6) is 0 Å². The Morgan fingerprint density at radius 1 is 1.00 bits per heavy atom. The SMILES string of the molecule is CC(=O)Nc1ccc(C2=C(Nc3ccccc3C)C(=O)N(CC(C)C)C2=O)cc1. The zero-order valence-corrected chi connectivity index (χ0v) is 17.1. The Hall–Kier alpha value is -3.41. The molecule has 0 spiro atoms. The smallest absolute Gasteiger partial charge is 0.278 e. The van der Waals surface area contributed by atoms with Crippen LogP contribution in [0.15, 0.2) is 54.2 Å². The van der Waals surface area contributed by atoms with Crippen LogP contribution in [0.2, 0.25) is 0 Å². The fourth-order valence-corrected chi connectivity index (χ4v) is 3.26. The molecule has 1 aliphatic rings. The number of carbonyl (C=O) groups is 3. The molecule has 6 heteroatoms. The lowest BCUT2D eigenvalue weighted by atomic mass is 10.0. The number of carbonyl (C=O) groups excluding carboxylic acids is 3. The normalized spacial score (nSPS) is 14.0. The largest absolute Gasteiger partial charge is 0.350 e. The lowest BCUT2D eigenvalue weighted by Gasteiger charge is -2.17. The van der Waals surface area contributed by atoms with E-state index in [1.54, 1.807) is 24.3 Å². The molecule has 3 amide bonds. The predicted octanol–water partition coefficient (Wildman–Crippen LogP) is 3.80. The summed E-state index contributed by atoms with van der Waals surface area (Å²) in [6.45, 7) is 7.66. The van der Waals surface area contributed by atoms with Gasteiger partial charge in [-0.3, -0.25) is 19.3 Å². The summed E-state index contributed by atoms with van der Waals surface area (Å²) < 4.78 is 0. The van der Waals surface area contributed by atoms with Gasteiger partial charge in [0.25, 0.3) is 11.8 Å². The van der Waals surface area contributed by atoms with Gasteiger partial charge in [-0.05, 0) is 42.2 Å². The van der Waals surface area contributed by atoms with Gasteiger partial charge in [-0.1, -0.05) is 44.2 Å². The van der Waals surface area contributed by atoms with E-state index in [0.717, 1.165) is 11.3 Å². The van der Waals surface area contributed by atoms with Crippen molar-refractivity contribution < 1.29 is 14.4 Å². The van der Waals surface area contributed by atoms with Gasteiger partial charge in [0, 0.05) is 24.8 Å². The second-order valence-corrected chi connectivity index (χ2v) is 7.56. The molecule has 2 N–H and O–H groups in total. The van der Waals surface area contributed by atoms with Crippen LogP contribution < -0.4 is 10.6 Å². The summed E-state index contributed by atoms with van der Waals surface area (Å²) in [5.41, 5.74) is 3.63. The van der Waals surface area contributed by atoms with Crippen molar-refractivity contribution in [3.8, 4) is 0 Å². The molecule has 0 bridgehead atoms. The molecule has 0 aromatic heterocycles. The highest BCUT2D eigenvalue weighted by molar-refractivity contribution is 6.36. The molecule has 2 aromatic carbocycles. The highest BCUT2D eigenvalue weighted by Crippen LogP contribution is 2.32. The molecule has 1 heterocycles. The average molecular weight is 391 g/mol. The molecule has 3 rings (SSSR count). The number of hydrogen-bond acceptors (Lipinski definition) is 4. The van der Waals surface area contributed by atoms with E-state index in [-0.39, 0.29) is 29.3 Å². The van der Waals surface area contributed by atoms with Crippen molar-refractivity contribution in [2.24, 2.45) is 5.92 Å². The van der Waals surface area contributed by atoms with E-state index in [4.69, 9.17) is 0 Å². The predicted molar refractivity (Wildman–Crippen MR) is 114 cm³/mol. The number of nitrogens with zero attached hydrogens (tertiary/aromatic N) is 1. The van der Waals surface area contributed by atoms with Crippen molar-refractivity contribution in [3.63, 3.8) is 0 Å². The second-order valence-electron chi connectivity index (χ2n) is 7.56. The zero-order valence-electron chi connectivity index (χ0n) is 17.1. The van der Waals surface area contributed by atoms with Gasteiger partial charge in [0.1, 0.15) is 5.70 Å². The van der Waals surface area contributed by atoms with Crippen LogP contribution >= 0.6 is 0 Å². The summed E-state index contributed by atoms with van der Waals surface area (Å²) in [5.74, 6) is -0.654. The molecule has 0 atom stereocenters. The minimum atomic E-state index is -0.326. The third-order valence-corrected chi connectivity index (χ3v) is 4.61. The Bertz CT molecular complexity index is 991. The standard InChI is InChI=1S/C23H25N3O3/c1-14(2)13-26-22(28)20(17-9-11-18(12-10-17)24-16(4)27)21(23(26)29)25-19-8-6-5-7-15(19)3/h5-12,14,25H,13H2,1-4H3,(H,24,27). The van der Waals surface area contributed by atoms with Gasteiger partial charge in [-0.2, -0.15) is 0 Å². The Kier molecular flexibility index (Phi) is 5.82. The van der Waals surface area contributed by atoms with Gasteiger partial charge in [0.2, 0.25) is 5.91 Å². The summed E-state index contributed by atoms with van der Waals surface area (Å²) in [5, 5.41) is 5.89. The fraction of sp³-hybridized carbons (Fsp3) is 0.261. The van der Waals surface area contributed by atoms with E-state index in [0.29, 0.717) is 23.4 Å². The molecule has 0 saturated heterocycles. The first-order valence-corrected chi connectivity index (χ1v) is 9.59. The molecule has 29 heavy (non-hydrogen) atoms.